The molecule has 0 fully saturated rings. The summed E-state index contributed by atoms with van der Waals surface area (Å²) in [6.45, 7) is 1.06. The van der Waals surface area contributed by atoms with Gasteiger partial charge in [0.05, 0.1) is 23.7 Å². The van der Waals surface area contributed by atoms with Crippen molar-refractivity contribution in [1.29, 1.82) is 0 Å². The second-order valence-corrected chi connectivity index (χ2v) is 7.55. The van der Waals surface area contributed by atoms with Crippen molar-refractivity contribution in [2.75, 3.05) is 4.90 Å². The molecule has 0 radical (unpaired) electrons. The number of ether oxygens (including phenoxy) is 2. The summed E-state index contributed by atoms with van der Waals surface area (Å²) in [6, 6.07) is 11.1. The Bertz CT molecular complexity index is 979. The van der Waals surface area contributed by atoms with Crippen LogP contribution < -0.4 is 14.4 Å². The standard InChI is InChI=1S/C21H20F2N2O4S/c1-13(2)28-19-9-16(7-8-18(19)29-21(22)23)25(11-17-10-24-12-30-17)15-5-3-14(4-6-15)20(26)27/h3-10,12-13,21H,11H2,1-2H3,(H,26,27). The SMILES string of the molecule is CC(C)Oc1cc(N(Cc2cncs2)c2ccc(C(=O)O)cc2)ccc1OC(F)F. The van der Waals surface area contributed by atoms with E-state index in [0.29, 0.717) is 12.2 Å². The lowest BCUT2D eigenvalue weighted by Gasteiger charge is -2.26. The third kappa shape index (κ3) is 5.44. The topological polar surface area (TPSA) is 71.9 Å². The van der Waals surface area contributed by atoms with Gasteiger partial charge in [-0.15, -0.1) is 11.3 Å². The molecule has 1 aromatic heterocycles. The van der Waals surface area contributed by atoms with Gasteiger partial charge in [0.25, 0.3) is 0 Å². The summed E-state index contributed by atoms with van der Waals surface area (Å²) < 4.78 is 35.8. The number of aromatic nitrogens is 1. The van der Waals surface area contributed by atoms with Gasteiger partial charge in [-0.05, 0) is 50.2 Å². The second-order valence-electron chi connectivity index (χ2n) is 6.58. The van der Waals surface area contributed by atoms with Gasteiger partial charge in [0.1, 0.15) is 0 Å². The zero-order chi connectivity index (χ0) is 21.7. The molecule has 0 saturated carbocycles. The lowest BCUT2D eigenvalue weighted by molar-refractivity contribution is -0.0518. The monoisotopic (exact) mass is 434 g/mol. The number of aromatic carboxylic acids is 1. The van der Waals surface area contributed by atoms with Gasteiger partial charge in [0, 0.05) is 28.5 Å². The minimum Gasteiger partial charge on any atom is -0.487 e. The maximum absolute atomic E-state index is 12.8. The van der Waals surface area contributed by atoms with Gasteiger partial charge in [-0.3, -0.25) is 4.98 Å². The van der Waals surface area contributed by atoms with Gasteiger partial charge in [-0.25, -0.2) is 4.79 Å². The molecule has 0 bridgehead atoms. The van der Waals surface area contributed by atoms with Crippen LogP contribution in [0.25, 0.3) is 0 Å². The molecule has 0 aliphatic carbocycles. The summed E-state index contributed by atoms with van der Waals surface area (Å²) >= 11 is 1.47. The first kappa shape index (κ1) is 21.5. The zero-order valence-corrected chi connectivity index (χ0v) is 17.1. The summed E-state index contributed by atoms with van der Waals surface area (Å²) in [5.41, 5.74) is 3.28. The third-order valence-electron chi connectivity index (χ3n) is 4.04. The average molecular weight is 434 g/mol. The van der Waals surface area contributed by atoms with Gasteiger partial charge in [0.2, 0.25) is 0 Å². The predicted molar refractivity (Wildman–Crippen MR) is 110 cm³/mol. The number of carbonyl (C=O) groups is 1. The van der Waals surface area contributed by atoms with E-state index in [0.717, 1.165) is 10.6 Å². The van der Waals surface area contributed by atoms with Crippen LogP contribution in [0.15, 0.2) is 54.2 Å². The van der Waals surface area contributed by atoms with Gasteiger partial charge in [-0.1, -0.05) is 0 Å². The zero-order valence-electron chi connectivity index (χ0n) is 16.3. The van der Waals surface area contributed by atoms with Crippen molar-refractivity contribution >= 4 is 28.7 Å². The van der Waals surface area contributed by atoms with Crippen molar-refractivity contribution in [2.24, 2.45) is 0 Å². The van der Waals surface area contributed by atoms with Crippen molar-refractivity contribution in [2.45, 2.75) is 33.1 Å². The largest absolute Gasteiger partial charge is 0.487 e. The normalized spacial score (nSPS) is 11.0. The molecular weight excluding hydrogens is 414 g/mol. The molecule has 0 spiro atoms. The fourth-order valence-electron chi connectivity index (χ4n) is 2.80. The lowest BCUT2D eigenvalue weighted by atomic mass is 10.1. The van der Waals surface area contributed by atoms with Crippen LogP contribution in [0.5, 0.6) is 11.5 Å². The van der Waals surface area contributed by atoms with Gasteiger partial charge < -0.3 is 19.5 Å². The number of anilines is 2. The molecule has 158 valence electrons. The maximum Gasteiger partial charge on any atom is 0.387 e. The second kappa shape index (κ2) is 9.53. The van der Waals surface area contributed by atoms with Crippen LogP contribution in [-0.4, -0.2) is 28.8 Å². The van der Waals surface area contributed by atoms with E-state index in [9.17, 15) is 13.6 Å². The van der Waals surface area contributed by atoms with E-state index in [-0.39, 0.29) is 23.2 Å². The van der Waals surface area contributed by atoms with Crippen molar-refractivity contribution in [3.05, 3.63) is 64.6 Å². The van der Waals surface area contributed by atoms with Crippen LogP contribution in [0.1, 0.15) is 29.1 Å². The van der Waals surface area contributed by atoms with Crippen molar-refractivity contribution in [3.63, 3.8) is 0 Å². The molecule has 0 unspecified atom stereocenters. The summed E-state index contributed by atoms with van der Waals surface area (Å²) in [4.78, 5) is 18.1. The number of halogens is 2. The molecule has 6 nitrogen and oxygen atoms in total. The molecule has 9 heteroatoms. The molecule has 0 aliphatic rings. The van der Waals surface area contributed by atoms with Gasteiger partial charge in [-0.2, -0.15) is 8.78 Å². The van der Waals surface area contributed by atoms with E-state index >= 15 is 0 Å². The van der Waals surface area contributed by atoms with Crippen LogP contribution in [0.4, 0.5) is 20.2 Å². The van der Waals surface area contributed by atoms with Crippen molar-refractivity contribution in [3.8, 4) is 11.5 Å². The highest BCUT2D eigenvalue weighted by molar-refractivity contribution is 7.09. The van der Waals surface area contributed by atoms with Crippen molar-refractivity contribution in [1.82, 2.24) is 4.98 Å². The predicted octanol–water partition coefficient (Wildman–Crippen LogP) is 5.57. The fourth-order valence-corrected chi connectivity index (χ4v) is 3.38. The number of rotatable bonds is 9. The Morgan fingerprint density at radius 1 is 1.10 bits per heavy atom. The first-order chi connectivity index (χ1) is 14.3. The number of hydrogen-bond donors (Lipinski definition) is 1. The number of alkyl halides is 2. The molecule has 1 N–H and O–H groups in total. The molecule has 2 aromatic carbocycles. The van der Waals surface area contributed by atoms with E-state index in [2.05, 4.69) is 9.72 Å². The summed E-state index contributed by atoms with van der Waals surface area (Å²) in [7, 11) is 0. The van der Waals surface area contributed by atoms with E-state index in [1.807, 2.05) is 4.90 Å². The molecule has 0 atom stereocenters. The van der Waals surface area contributed by atoms with Gasteiger partial charge in [0.15, 0.2) is 11.5 Å². The molecule has 3 rings (SSSR count). The Morgan fingerprint density at radius 2 is 1.80 bits per heavy atom. The minimum absolute atomic E-state index is 0.0542. The Morgan fingerprint density at radius 3 is 2.37 bits per heavy atom. The number of carboxylic acid groups (broad SMARTS) is 1. The number of carboxylic acids is 1. The molecule has 30 heavy (non-hydrogen) atoms. The summed E-state index contributed by atoms with van der Waals surface area (Å²) in [6.07, 6.45) is 1.49. The third-order valence-corrected chi connectivity index (χ3v) is 4.81. The molecule has 0 amide bonds. The number of benzene rings is 2. The Balaban J connectivity index is 2.02. The van der Waals surface area contributed by atoms with E-state index < -0.39 is 12.6 Å². The molecule has 0 saturated heterocycles. The summed E-state index contributed by atoms with van der Waals surface area (Å²) in [5, 5.41) is 9.15. The molecular formula is C21H20F2N2O4S. The first-order valence-corrected chi connectivity index (χ1v) is 9.95. The fraction of sp³-hybridized carbons (Fsp3) is 0.238. The smallest absolute Gasteiger partial charge is 0.387 e. The highest BCUT2D eigenvalue weighted by Crippen LogP contribution is 2.37. The van der Waals surface area contributed by atoms with Crippen molar-refractivity contribution < 1.29 is 28.2 Å². The van der Waals surface area contributed by atoms with Gasteiger partial charge >= 0.3 is 12.6 Å². The Labute approximate surface area is 176 Å². The van der Waals surface area contributed by atoms with E-state index in [1.165, 1.54) is 29.5 Å². The van der Waals surface area contributed by atoms with Crippen LogP contribution in [-0.2, 0) is 6.54 Å². The highest BCUT2D eigenvalue weighted by Gasteiger charge is 2.18. The molecule has 3 aromatic rings. The minimum atomic E-state index is -2.97. The quantitative estimate of drug-likeness (QED) is 0.475. The highest BCUT2D eigenvalue weighted by atomic mass is 32.1. The Hall–Kier alpha value is -3.20. The van der Waals surface area contributed by atoms with E-state index in [4.69, 9.17) is 9.84 Å². The number of thiazole rings is 1. The summed E-state index contributed by atoms with van der Waals surface area (Å²) in [5.74, 6) is -0.877. The maximum atomic E-state index is 12.8. The number of hydrogen-bond acceptors (Lipinski definition) is 6. The lowest BCUT2D eigenvalue weighted by Crippen LogP contribution is -2.17. The first-order valence-electron chi connectivity index (χ1n) is 9.07. The number of nitrogens with zero attached hydrogens (tertiary/aromatic N) is 2. The molecule has 0 aliphatic heterocycles. The Kier molecular flexibility index (Phi) is 6.83. The van der Waals surface area contributed by atoms with E-state index in [1.54, 1.807) is 49.8 Å². The van der Waals surface area contributed by atoms with Crippen LogP contribution in [0.2, 0.25) is 0 Å². The molecule has 1 heterocycles. The average Bonchev–Trinajstić information content (AvgIpc) is 3.20. The van der Waals surface area contributed by atoms with Crippen LogP contribution >= 0.6 is 11.3 Å². The van der Waals surface area contributed by atoms with Crippen LogP contribution in [0, 0.1) is 0 Å². The van der Waals surface area contributed by atoms with Crippen LogP contribution in [0.3, 0.4) is 0 Å².